The van der Waals surface area contributed by atoms with E-state index < -0.39 is 35.0 Å². The Labute approximate surface area is 158 Å². The highest BCUT2D eigenvalue weighted by atomic mass is 19.1. The zero-order valence-electron chi connectivity index (χ0n) is 15.9. The molecule has 2 N–H and O–H groups in total. The molecule has 2 saturated carbocycles. The van der Waals surface area contributed by atoms with Gasteiger partial charge in [-0.15, -0.1) is 0 Å². The van der Waals surface area contributed by atoms with Gasteiger partial charge in [0.2, 0.25) is 0 Å². The smallest absolute Gasteiger partial charge is 0.190 e. The van der Waals surface area contributed by atoms with E-state index in [0.717, 1.165) is 16.7 Å². The van der Waals surface area contributed by atoms with Gasteiger partial charge in [-0.2, -0.15) is 0 Å². The van der Waals surface area contributed by atoms with Crippen LogP contribution in [0, 0.1) is 16.7 Å². The number of allylic oxidation sites excluding steroid dienone is 7. The lowest BCUT2D eigenvalue weighted by Gasteiger charge is -2.48. The van der Waals surface area contributed by atoms with Gasteiger partial charge in [-0.1, -0.05) is 31.6 Å². The first-order chi connectivity index (χ1) is 12.6. The Kier molecular flexibility index (Phi) is 3.83. The Morgan fingerprint density at radius 2 is 2.04 bits per heavy atom. The Morgan fingerprint density at radius 1 is 1.33 bits per heavy atom. The van der Waals surface area contributed by atoms with Gasteiger partial charge in [0.25, 0.3) is 0 Å². The maximum absolute atomic E-state index is 15.1. The quantitative estimate of drug-likeness (QED) is 0.782. The normalized spacial score (nSPS) is 43.0. The maximum Gasteiger partial charge on any atom is 0.190 e. The zero-order valence-corrected chi connectivity index (χ0v) is 15.9. The van der Waals surface area contributed by atoms with Crippen LogP contribution in [-0.2, 0) is 9.59 Å². The van der Waals surface area contributed by atoms with Crippen LogP contribution >= 0.6 is 0 Å². The van der Waals surface area contributed by atoms with E-state index in [9.17, 15) is 19.8 Å². The van der Waals surface area contributed by atoms with Crippen LogP contribution in [0.5, 0.6) is 0 Å². The lowest BCUT2D eigenvalue weighted by molar-refractivity contribution is -0.155. The van der Waals surface area contributed by atoms with Gasteiger partial charge >= 0.3 is 0 Å². The summed E-state index contributed by atoms with van der Waals surface area (Å²) in [5.74, 6) is -1.13. The van der Waals surface area contributed by atoms with Crippen LogP contribution in [-0.4, -0.2) is 40.2 Å². The average Bonchev–Trinajstić information content (AvgIpc) is 2.84. The molecular formula is C22H25FO4. The number of carbonyl (C=O) groups is 2. The van der Waals surface area contributed by atoms with E-state index in [1.54, 1.807) is 6.08 Å². The molecule has 0 aromatic heterocycles. The number of carbonyl (C=O) groups excluding carboxylic acids is 2. The molecular weight excluding hydrogens is 347 g/mol. The number of halogens is 1. The first-order valence-corrected chi connectivity index (χ1v) is 9.49. The number of Topliss-reactive ketones (excluding diaryl/α,β-unsaturated/α-hetero) is 1. The number of hydrogen-bond donors (Lipinski definition) is 2. The molecule has 27 heavy (non-hydrogen) atoms. The molecule has 5 heteroatoms. The van der Waals surface area contributed by atoms with Crippen molar-refractivity contribution in [2.45, 2.75) is 51.8 Å². The highest BCUT2D eigenvalue weighted by molar-refractivity contribution is 6.02. The first kappa shape index (κ1) is 18.5. The SMILES string of the molecule is C[C@@H]1CC2=C3C[C@H](F)C4=CC(=O)C=C[C@]4(C)C3=CC[C@]2(C)[C@@]1(O)C(=O)CO. The van der Waals surface area contributed by atoms with Gasteiger partial charge in [-0.3, -0.25) is 9.59 Å². The fourth-order valence-corrected chi connectivity index (χ4v) is 5.89. The Morgan fingerprint density at radius 3 is 2.70 bits per heavy atom. The van der Waals surface area contributed by atoms with Gasteiger partial charge in [-0.25, -0.2) is 4.39 Å². The second kappa shape index (κ2) is 5.58. The summed E-state index contributed by atoms with van der Waals surface area (Å²) in [7, 11) is 0. The lowest BCUT2D eigenvalue weighted by atomic mass is 9.56. The van der Waals surface area contributed by atoms with Gasteiger partial charge < -0.3 is 10.2 Å². The van der Waals surface area contributed by atoms with Crippen molar-refractivity contribution >= 4 is 11.6 Å². The van der Waals surface area contributed by atoms with Crippen molar-refractivity contribution in [1.29, 1.82) is 0 Å². The predicted molar refractivity (Wildman–Crippen MR) is 98.5 cm³/mol. The summed E-state index contributed by atoms with van der Waals surface area (Å²) in [5, 5.41) is 20.8. The number of ketones is 2. The maximum atomic E-state index is 15.1. The highest BCUT2D eigenvalue weighted by Gasteiger charge is 2.63. The monoisotopic (exact) mass is 372 g/mol. The molecule has 0 radical (unpaired) electrons. The van der Waals surface area contributed by atoms with Crippen molar-refractivity contribution in [3.8, 4) is 0 Å². The van der Waals surface area contributed by atoms with Gasteiger partial charge in [0.15, 0.2) is 11.6 Å². The third-order valence-electron chi connectivity index (χ3n) is 7.46. The predicted octanol–water partition coefficient (Wildman–Crippen LogP) is 2.77. The first-order valence-electron chi connectivity index (χ1n) is 9.49. The molecule has 5 atom stereocenters. The largest absolute Gasteiger partial charge is 0.388 e. The Balaban J connectivity index is 1.89. The fourth-order valence-electron chi connectivity index (χ4n) is 5.89. The number of rotatable bonds is 2. The number of fused-ring (bicyclic) bond motifs is 4. The number of aliphatic hydroxyl groups excluding tert-OH is 1. The van der Waals surface area contributed by atoms with Crippen molar-refractivity contribution in [1.82, 2.24) is 0 Å². The van der Waals surface area contributed by atoms with E-state index in [4.69, 9.17) is 0 Å². The van der Waals surface area contributed by atoms with Gasteiger partial charge in [0.1, 0.15) is 18.4 Å². The summed E-state index contributed by atoms with van der Waals surface area (Å²) >= 11 is 0. The van der Waals surface area contributed by atoms with E-state index in [0.29, 0.717) is 18.4 Å². The number of alkyl halides is 1. The molecule has 4 aliphatic rings. The summed E-state index contributed by atoms with van der Waals surface area (Å²) in [6.45, 7) is 4.87. The molecule has 0 bridgehead atoms. The molecule has 144 valence electrons. The molecule has 0 spiro atoms. The van der Waals surface area contributed by atoms with Crippen LogP contribution in [0.3, 0.4) is 0 Å². The fraction of sp³-hybridized carbons (Fsp3) is 0.545. The third kappa shape index (κ3) is 2.10. The third-order valence-corrected chi connectivity index (χ3v) is 7.46. The molecule has 0 amide bonds. The molecule has 0 saturated heterocycles. The Bertz CT molecular complexity index is 879. The summed E-state index contributed by atoms with van der Waals surface area (Å²) in [5.41, 5.74) is 0.0616. The van der Waals surface area contributed by atoms with E-state index in [1.807, 2.05) is 26.8 Å². The summed E-state index contributed by atoms with van der Waals surface area (Å²) in [6, 6.07) is 0. The van der Waals surface area contributed by atoms with Gasteiger partial charge in [-0.05, 0) is 54.6 Å². The molecule has 4 nitrogen and oxygen atoms in total. The summed E-state index contributed by atoms with van der Waals surface area (Å²) in [6.07, 6.45) is 6.47. The lowest BCUT2D eigenvalue weighted by Crippen LogP contribution is -2.55. The van der Waals surface area contributed by atoms with Crippen molar-refractivity contribution in [2.75, 3.05) is 6.61 Å². The average molecular weight is 372 g/mol. The molecule has 4 rings (SSSR count). The van der Waals surface area contributed by atoms with Crippen molar-refractivity contribution < 1.29 is 24.2 Å². The molecule has 2 fully saturated rings. The molecule has 4 aliphatic carbocycles. The van der Waals surface area contributed by atoms with Crippen LogP contribution in [0.2, 0.25) is 0 Å². The highest BCUT2D eigenvalue weighted by Crippen LogP contribution is 2.63. The van der Waals surface area contributed by atoms with Crippen LogP contribution in [0.4, 0.5) is 4.39 Å². The van der Waals surface area contributed by atoms with Gasteiger partial charge in [0.05, 0.1) is 0 Å². The summed E-state index contributed by atoms with van der Waals surface area (Å²) < 4.78 is 15.1. The molecule has 0 aromatic rings. The molecule has 0 heterocycles. The van der Waals surface area contributed by atoms with E-state index >= 15 is 4.39 Å². The topological polar surface area (TPSA) is 74.6 Å². The van der Waals surface area contributed by atoms with Crippen molar-refractivity contribution in [3.05, 3.63) is 46.6 Å². The zero-order chi connectivity index (χ0) is 19.8. The second-order valence-electron chi connectivity index (χ2n) is 8.77. The standard InChI is InChI=1S/C22H25FO4/c1-12-8-16-14-10-18(23)17-9-13(25)4-6-20(17,2)15(14)5-7-21(16,3)22(12,27)19(26)11-24/h4-6,9,12,18,24,27H,7-8,10-11H2,1-3H3/t12-,18+,20-,21+,22+/m1/s1. The minimum Gasteiger partial charge on any atom is -0.388 e. The molecule has 0 aromatic carbocycles. The van der Waals surface area contributed by atoms with Crippen molar-refractivity contribution in [3.63, 3.8) is 0 Å². The van der Waals surface area contributed by atoms with E-state index in [-0.39, 0.29) is 18.1 Å². The second-order valence-corrected chi connectivity index (χ2v) is 8.77. The molecule has 0 unspecified atom stereocenters. The van der Waals surface area contributed by atoms with Crippen LogP contribution in [0.25, 0.3) is 0 Å². The Hall–Kier alpha value is -1.85. The van der Waals surface area contributed by atoms with E-state index in [2.05, 4.69) is 0 Å². The van der Waals surface area contributed by atoms with Gasteiger partial charge in [0, 0.05) is 17.3 Å². The van der Waals surface area contributed by atoms with E-state index in [1.165, 1.54) is 12.2 Å². The van der Waals surface area contributed by atoms with Crippen molar-refractivity contribution in [2.24, 2.45) is 16.7 Å². The van der Waals surface area contributed by atoms with Crippen LogP contribution < -0.4 is 0 Å². The van der Waals surface area contributed by atoms with Crippen LogP contribution in [0.15, 0.2) is 46.6 Å². The summed E-state index contributed by atoms with van der Waals surface area (Å²) in [4.78, 5) is 24.3. The minimum atomic E-state index is -1.66. The van der Waals surface area contributed by atoms with Crippen LogP contribution in [0.1, 0.15) is 40.0 Å². The number of aliphatic hydroxyl groups is 2. The molecule has 0 aliphatic heterocycles. The number of hydrogen-bond acceptors (Lipinski definition) is 4. The minimum absolute atomic E-state index is 0.148.